The molecule has 0 atom stereocenters. The molecule has 3 rings (SSSR count). The van der Waals surface area contributed by atoms with Crippen molar-refractivity contribution >= 4 is 5.91 Å². The fourth-order valence-electron chi connectivity index (χ4n) is 2.56. The minimum Gasteiger partial charge on any atom is -0.489 e. The van der Waals surface area contributed by atoms with E-state index in [1.165, 1.54) is 5.57 Å². The van der Waals surface area contributed by atoms with E-state index < -0.39 is 0 Å². The third-order valence-electron chi connectivity index (χ3n) is 4.00. The summed E-state index contributed by atoms with van der Waals surface area (Å²) in [6.45, 7) is 2.99. The molecule has 4 nitrogen and oxygen atoms in total. The molecule has 0 spiro atoms. The topological polar surface area (TPSA) is 50.4 Å². The minimum atomic E-state index is -0.0371. The Kier molecular flexibility index (Phi) is 5.64. The second-order valence-electron chi connectivity index (χ2n) is 5.80. The second-order valence-corrected chi connectivity index (χ2v) is 5.80. The number of amides is 1. The van der Waals surface area contributed by atoms with Crippen molar-refractivity contribution < 1.29 is 9.53 Å². The maximum Gasteiger partial charge on any atom is 0.251 e. The molecule has 0 unspecified atom stereocenters. The van der Waals surface area contributed by atoms with Crippen LogP contribution in [0.25, 0.3) is 0 Å². The second kappa shape index (κ2) is 8.31. The van der Waals surface area contributed by atoms with E-state index in [1.807, 2.05) is 54.6 Å². The molecule has 124 valence electrons. The first-order valence-electron chi connectivity index (χ1n) is 8.25. The van der Waals surface area contributed by atoms with E-state index in [-0.39, 0.29) is 5.91 Å². The Morgan fingerprint density at radius 3 is 2.58 bits per heavy atom. The Labute approximate surface area is 142 Å². The lowest BCUT2D eigenvalue weighted by molar-refractivity contribution is 0.0956. The van der Waals surface area contributed by atoms with E-state index in [2.05, 4.69) is 16.7 Å². The number of para-hydroxylation sites is 1. The van der Waals surface area contributed by atoms with E-state index in [0.717, 1.165) is 30.8 Å². The van der Waals surface area contributed by atoms with Gasteiger partial charge in [-0.25, -0.2) is 0 Å². The van der Waals surface area contributed by atoms with Gasteiger partial charge in [0.25, 0.3) is 5.91 Å². The molecule has 0 aromatic heterocycles. The molecule has 0 bridgehead atoms. The summed E-state index contributed by atoms with van der Waals surface area (Å²) in [7, 11) is 0. The quantitative estimate of drug-likeness (QED) is 0.804. The van der Waals surface area contributed by atoms with Crippen molar-refractivity contribution in [1.82, 2.24) is 10.6 Å². The third kappa shape index (κ3) is 4.70. The number of carbonyl (C=O) groups is 1. The van der Waals surface area contributed by atoms with Crippen molar-refractivity contribution in [3.05, 3.63) is 77.4 Å². The zero-order chi connectivity index (χ0) is 16.6. The monoisotopic (exact) mass is 322 g/mol. The van der Waals surface area contributed by atoms with Crippen LogP contribution in [0.5, 0.6) is 5.75 Å². The van der Waals surface area contributed by atoms with Gasteiger partial charge in [0, 0.05) is 18.7 Å². The summed E-state index contributed by atoms with van der Waals surface area (Å²) in [6.07, 6.45) is 3.14. The first-order valence-corrected chi connectivity index (χ1v) is 8.25. The van der Waals surface area contributed by atoms with Gasteiger partial charge in [-0.05, 0) is 42.8 Å². The maximum absolute atomic E-state index is 12.2. The highest BCUT2D eigenvalue weighted by Gasteiger charge is 2.08. The number of nitrogens with one attached hydrogen (secondary N) is 2. The Morgan fingerprint density at radius 2 is 1.88 bits per heavy atom. The molecule has 0 fully saturated rings. The molecule has 0 radical (unpaired) electrons. The summed E-state index contributed by atoms with van der Waals surface area (Å²) in [5, 5.41) is 6.24. The number of hydrogen-bond acceptors (Lipinski definition) is 3. The molecule has 2 aromatic carbocycles. The van der Waals surface area contributed by atoms with Gasteiger partial charge >= 0.3 is 0 Å². The molecule has 1 aliphatic heterocycles. The zero-order valence-electron chi connectivity index (χ0n) is 13.6. The summed E-state index contributed by atoms with van der Waals surface area (Å²) < 4.78 is 5.71. The molecule has 0 saturated heterocycles. The first kappa shape index (κ1) is 16.3. The van der Waals surface area contributed by atoms with Crippen LogP contribution in [-0.4, -0.2) is 25.5 Å². The number of benzene rings is 2. The predicted molar refractivity (Wildman–Crippen MR) is 95.1 cm³/mol. The molecule has 0 aliphatic carbocycles. The number of hydrogen-bond donors (Lipinski definition) is 2. The van der Waals surface area contributed by atoms with Crippen LogP contribution in [0.4, 0.5) is 0 Å². The standard InChI is InChI=1S/C20H22N2O2/c23-20(22-14-16-10-12-21-13-11-16)18-8-6-17(7-9-18)15-24-19-4-2-1-3-5-19/h1-10,21H,11-15H2,(H,22,23). The highest BCUT2D eigenvalue weighted by Crippen LogP contribution is 2.12. The fourth-order valence-corrected chi connectivity index (χ4v) is 2.56. The highest BCUT2D eigenvalue weighted by atomic mass is 16.5. The fraction of sp³-hybridized carbons (Fsp3) is 0.250. The molecule has 2 aromatic rings. The summed E-state index contributed by atoms with van der Waals surface area (Å²) in [4.78, 5) is 12.2. The molecule has 4 heteroatoms. The number of ether oxygens (including phenoxy) is 1. The van der Waals surface area contributed by atoms with Crippen LogP contribution in [0.1, 0.15) is 22.3 Å². The number of carbonyl (C=O) groups excluding carboxylic acids is 1. The lowest BCUT2D eigenvalue weighted by Gasteiger charge is -2.14. The summed E-state index contributed by atoms with van der Waals surface area (Å²) in [5.41, 5.74) is 3.00. The molecule has 1 heterocycles. The van der Waals surface area contributed by atoms with Crippen LogP contribution >= 0.6 is 0 Å². The Balaban J connectivity index is 1.50. The van der Waals surface area contributed by atoms with Crippen molar-refractivity contribution in [3.63, 3.8) is 0 Å². The van der Waals surface area contributed by atoms with Gasteiger partial charge in [0.15, 0.2) is 0 Å². The SMILES string of the molecule is O=C(NCC1=CCNCC1)c1ccc(COc2ccccc2)cc1. The van der Waals surface area contributed by atoms with E-state index in [1.54, 1.807) is 0 Å². The Bertz CT molecular complexity index is 693. The van der Waals surface area contributed by atoms with Crippen molar-refractivity contribution in [3.8, 4) is 5.75 Å². The van der Waals surface area contributed by atoms with Gasteiger partial charge in [-0.15, -0.1) is 0 Å². The van der Waals surface area contributed by atoms with Crippen LogP contribution < -0.4 is 15.4 Å². The maximum atomic E-state index is 12.2. The lowest BCUT2D eigenvalue weighted by Crippen LogP contribution is -2.29. The molecular formula is C20H22N2O2. The Hall–Kier alpha value is -2.59. The molecule has 1 aliphatic rings. The molecule has 1 amide bonds. The van der Waals surface area contributed by atoms with E-state index >= 15 is 0 Å². The average molecular weight is 322 g/mol. The van der Waals surface area contributed by atoms with Crippen molar-refractivity contribution in [1.29, 1.82) is 0 Å². The highest BCUT2D eigenvalue weighted by molar-refractivity contribution is 5.94. The number of rotatable bonds is 6. The predicted octanol–water partition coefficient (Wildman–Crippen LogP) is 2.92. The lowest BCUT2D eigenvalue weighted by atomic mass is 10.1. The summed E-state index contributed by atoms with van der Waals surface area (Å²) in [5.74, 6) is 0.805. The summed E-state index contributed by atoms with van der Waals surface area (Å²) >= 11 is 0. The normalized spacial score (nSPS) is 13.9. The van der Waals surface area contributed by atoms with Gasteiger partial charge in [-0.2, -0.15) is 0 Å². The van der Waals surface area contributed by atoms with Crippen LogP contribution in [0.15, 0.2) is 66.2 Å². The molecule has 0 saturated carbocycles. The van der Waals surface area contributed by atoms with Gasteiger partial charge in [0.1, 0.15) is 12.4 Å². The van der Waals surface area contributed by atoms with Crippen LogP contribution in [-0.2, 0) is 6.61 Å². The van der Waals surface area contributed by atoms with E-state index in [9.17, 15) is 4.79 Å². The van der Waals surface area contributed by atoms with Gasteiger partial charge < -0.3 is 15.4 Å². The first-order chi connectivity index (χ1) is 11.8. The van der Waals surface area contributed by atoms with Crippen LogP contribution in [0.3, 0.4) is 0 Å². The molecule has 2 N–H and O–H groups in total. The van der Waals surface area contributed by atoms with Gasteiger partial charge in [-0.3, -0.25) is 4.79 Å². The van der Waals surface area contributed by atoms with Gasteiger partial charge in [0.2, 0.25) is 0 Å². The average Bonchev–Trinajstić information content (AvgIpc) is 2.66. The van der Waals surface area contributed by atoms with E-state index in [4.69, 9.17) is 4.74 Å². The zero-order valence-corrected chi connectivity index (χ0v) is 13.6. The van der Waals surface area contributed by atoms with E-state index in [0.29, 0.717) is 18.7 Å². The molecular weight excluding hydrogens is 300 g/mol. The summed E-state index contributed by atoms with van der Waals surface area (Å²) in [6, 6.07) is 17.3. The van der Waals surface area contributed by atoms with Crippen molar-refractivity contribution in [2.45, 2.75) is 13.0 Å². The molecule has 24 heavy (non-hydrogen) atoms. The van der Waals surface area contributed by atoms with Gasteiger partial charge in [0.05, 0.1) is 0 Å². The Morgan fingerprint density at radius 1 is 1.08 bits per heavy atom. The van der Waals surface area contributed by atoms with Crippen molar-refractivity contribution in [2.75, 3.05) is 19.6 Å². The minimum absolute atomic E-state index is 0.0371. The van der Waals surface area contributed by atoms with Gasteiger partial charge in [-0.1, -0.05) is 42.0 Å². The third-order valence-corrected chi connectivity index (χ3v) is 4.00. The smallest absolute Gasteiger partial charge is 0.251 e. The largest absolute Gasteiger partial charge is 0.489 e. The van der Waals surface area contributed by atoms with Crippen molar-refractivity contribution in [2.24, 2.45) is 0 Å². The van der Waals surface area contributed by atoms with Crippen LogP contribution in [0, 0.1) is 0 Å². The van der Waals surface area contributed by atoms with Crippen LogP contribution in [0.2, 0.25) is 0 Å².